The molecule has 0 amide bonds. The van der Waals surface area contributed by atoms with Crippen LogP contribution < -0.4 is 10.2 Å². The Labute approximate surface area is 154 Å². The number of hydrogen-bond donors (Lipinski definition) is 1. The molecule has 3 heterocycles. The number of hydrogen-bond acceptors (Lipinski definition) is 6. The number of halogens is 1. The van der Waals surface area contributed by atoms with Crippen LogP contribution in [-0.2, 0) is 6.42 Å². The fraction of sp³-hybridized carbons (Fsp3) is 0.556. The van der Waals surface area contributed by atoms with Gasteiger partial charge in [0.1, 0.15) is 28.4 Å². The average molecular weight is 361 g/mol. The van der Waals surface area contributed by atoms with E-state index in [0.717, 1.165) is 66.9 Å². The van der Waals surface area contributed by atoms with Crippen LogP contribution in [0.1, 0.15) is 42.7 Å². The Bertz CT molecular complexity index is 735. The van der Waals surface area contributed by atoms with Crippen LogP contribution in [-0.4, -0.2) is 39.1 Å². The maximum Gasteiger partial charge on any atom is 0.137 e. The standard InChI is InChI=1S/C18H25ClN6/c1-5-15-23-17(19)12(3)18(24-15)22-14-6-8-25(9-7-14)16-10-11(2)20-13(4)21-16/h10,14H,5-9H2,1-4H3,(H,22,23,24). The molecular formula is C18H25ClN6. The number of aromatic nitrogens is 4. The minimum absolute atomic E-state index is 0.384. The summed E-state index contributed by atoms with van der Waals surface area (Å²) in [6.07, 6.45) is 2.84. The van der Waals surface area contributed by atoms with Gasteiger partial charge in [-0.15, -0.1) is 0 Å². The molecule has 0 aromatic carbocycles. The zero-order chi connectivity index (χ0) is 18.0. The molecule has 2 aromatic heterocycles. The van der Waals surface area contributed by atoms with Gasteiger partial charge in [-0.1, -0.05) is 18.5 Å². The molecule has 0 spiro atoms. The number of nitrogens with zero attached hydrogens (tertiary/aromatic N) is 5. The largest absolute Gasteiger partial charge is 0.367 e. The molecule has 1 saturated heterocycles. The van der Waals surface area contributed by atoms with E-state index in [4.69, 9.17) is 11.6 Å². The van der Waals surface area contributed by atoms with E-state index in [9.17, 15) is 0 Å². The highest BCUT2D eigenvalue weighted by Gasteiger charge is 2.22. The molecule has 0 radical (unpaired) electrons. The van der Waals surface area contributed by atoms with E-state index in [-0.39, 0.29) is 0 Å². The molecule has 0 bridgehead atoms. The predicted molar refractivity (Wildman–Crippen MR) is 102 cm³/mol. The van der Waals surface area contributed by atoms with Gasteiger partial charge in [0.2, 0.25) is 0 Å². The van der Waals surface area contributed by atoms with Crippen molar-refractivity contribution in [1.82, 2.24) is 19.9 Å². The van der Waals surface area contributed by atoms with Crippen molar-refractivity contribution in [2.45, 2.75) is 53.0 Å². The Morgan fingerprint density at radius 1 is 1.12 bits per heavy atom. The first kappa shape index (κ1) is 17.9. The Morgan fingerprint density at radius 3 is 2.48 bits per heavy atom. The first-order valence-corrected chi connectivity index (χ1v) is 9.21. The summed E-state index contributed by atoms with van der Waals surface area (Å²) in [5.74, 6) is 3.50. The van der Waals surface area contributed by atoms with E-state index < -0.39 is 0 Å². The van der Waals surface area contributed by atoms with Gasteiger partial charge in [-0.25, -0.2) is 19.9 Å². The second-order valence-corrected chi connectivity index (χ2v) is 6.94. The normalized spacial score (nSPS) is 15.5. The van der Waals surface area contributed by atoms with Crippen molar-refractivity contribution in [3.63, 3.8) is 0 Å². The Morgan fingerprint density at radius 2 is 1.84 bits per heavy atom. The summed E-state index contributed by atoms with van der Waals surface area (Å²) in [4.78, 5) is 20.2. The van der Waals surface area contributed by atoms with Crippen LogP contribution in [0.15, 0.2) is 6.07 Å². The van der Waals surface area contributed by atoms with Crippen molar-refractivity contribution in [3.8, 4) is 0 Å². The van der Waals surface area contributed by atoms with Gasteiger partial charge < -0.3 is 10.2 Å². The van der Waals surface area contributed by atoms with Gasteiger partial charge in [-0.3, -0.25) is 0 Å². The van der Waals surface area contributed by atoms with Crippen LogP contribution in [0.3, 0.4) is 0 Å². The van der Waals surface area contributed by atoms with Crippen molar-refractivity contribution in [2.75, 3.05) is 23.3 Å². The van der Waals surface area contributed by atoms with Gasteiger partial charge in [0.25, 0.3) is 0 Å². The highest BCUT2D eigenvalue weighted by Crippen LogP contribution is 2.24. The minimum Gasteiger partial charge on any atom is -0.367 e. The molecule has 3 rings (SSSR count). The van der Waals surface area contributed by atoms with Crippen LogP contribution in [0.2, 0.25) is 5.15 Å². The number of nitrogens with one attached hydrogen (secondary N) is 1. The minimum atomic E-state index is 0.384. The van der Waals surface area contributed by atoms with Crippen LogP contribution in [0.4, 0.5) is 11.6 Å². The highest BCUT2D eigenvalue weighted by molar-refractivity contribution is 6.30. The molecule has 0 unspecified atom stereocenters. The Kier molecular flexibility index (Phi) is 5.37. The summed E-state index contributed by atoms with van der Waals surface area (Å²) in [6, 6.07) is 2.44. The molecule has 0 aliphatic carbocycles. The first-order valence-electron chi connectivity index (χ1n) is 8.83. The van der Waals surface area contributed by atoms with Crippen molar-refractivity contribution in [1.29, 1.82) is 0 Å². The van der Waals surface area contributed by atoms with Gasteiger partial charge in [-0.05, 0) is 33.6 Å². The lowest BCUT2D eigenvalue weighted by molar-refractivity contribution is 0.521. The van der Waals surface area contributed by atoms with Crippen LogP contribution in [0, 0.1) is 20.8 Å². The SMILES string of the molecule is CCc1nc(Cl)c(C)c(NC2CCN(c3cc(C)nc(C)n3)CC2)n1. The first-order chi connectivity index (χ1) is 12.0. The summed E-state index contributed by atoms with van der Waals surface area (Å²) < 4.78 is 0. The summed E-state index contributed by atoms with van der Waals surface area (Å²) >= 11 is 6.23. The van der Waals surface area contributed by atoms with Crippen LogP contribution in [0.5, 0.6) is 0 Å². The summed E-state index contributed by atoms with van der Waals surface area (Å²) in [5, 5.41) is 4.10. The van der Waals surface area contributed by atoms with Gasteiger partial charge in [-0.2, -0.15) is 0 Å². The molecule has 1 aliphatic heterocycles. The molecule has 1 aliphatic rings. The monoisotopic (exact) mass is 360 g/mol. The topological polar surface area (TPSA) is 66.8 Å². The maximum atomic E-state index is 6.23. The van der Waals surface area contributed by atoms with E-state index in [0.29, 0.717) is 11.2 Å². The Balaban J connectivity index is 1.66. The molecule has 0 saturated carbocycles. The summed E-state index contributed by atoms with van der Waals surface area (Å²) in [6.45, 7) is 9.88. The zero-order valence-corrected chi connectivity index (χ0v) is 16.1. The lowest BCUT2D eigenvalue weighted by Gasteiger charge is -2.33. The van der Waals surface area contributed by atoms with Gasteiger partial charge in [0, 0.05) is 42.9 Å². The maximum absolute atomic E-state index is 6.23. The fourth-order valence-electron chi connectivity index (χ4n) is 3.14. The molecule has 1 fully saturated rings. The second kappa shape index (κ2) is 7.52. The molecule has 0 atom stereocenters. The summed E-state index contributed by atoms with van der Waals surface area (Å²) in [5.41, 5.74) is 1.93. The predicted octanol–water partition coefficient (Wildman–Crippen LogP) is 3.49. The molecule has 134 valence electrons. The molecular weight excluding hydrogens is 336 g/mol. The zero-order valence-electron chi connectivity index (χ0n) is 15.3. The summed E-state index contributed by atoms with van der Waals surface area (Å²) in [7, 11) is 0. The Hall–Kier alpha value is -1.95. The number of rotatable bonds is 4. The third-order valence-electron chi connectivity index (χ3n) is 4.56. The number of piperidine rings is 1. The van der Waals surface area contributed by atoms with E-state index in [1.54, 1.807) is 0 Å². The molecule has 7 heteroatoms. The number of aryl methyl sites for hydroxylation is 3. The highest BCUT2D eigenvalue weighted by atomic mass is 35.5. The third kappa shape index (κ3) is 4.18. The van der Waals surface area contributed by atoms with Crippen molar-refractivity contribution >= 4 is 23.2 Å². The lowest BCUT2D eigenvalue weighted by Crippen LogP contribution is -2.40. The smallest absolute Gasteiger partial charge is 0.137 e. The van der Waals surface area contributed by atoms with Crippen molar-refractivity contribution < 1.29 is 0 Å². The molecule has 1 N–H and O–H groups in total. The molecule has 2 aromatic rings. The second-order valence-electron chi connectivity index (χ2n) is 6.58. The van der Waals surface area contributed by atoms with Crippen LogP contribution in [0.25, 0.3) is 0 Å². The van der Waals surface area contributed by atoms with Crippen molar-refractivity contribution in [2.24, 2.45) is 0 Å². The lowest BCUT2D eigenvalue weighted by atomic mass is 10.0. The fourth-order valence-corrected chi connectivity index (χ4v) is 3.32. The average Bonchev–Trinajstić information content (AvgIpc) is 2.58. The number of anilines is 2. The van der Waals surface area contributed by atoms with Gasteiger partial charge in [0.05, 0.1) is 0 Å². The van der Waals surface area contributed by atoms with Crippen molar-refractivity contribution in [3.05, 3.63) is 34.1 Å². The molecule has 25 heavy (non-hydrogen) atoms. The quantitative estimate of drug-likeness (QED) is 0.842. The van der Waals surface area contributed by atoms with E-state index in [1.165, 1.54) is 0 Å². The molecule has 6 nitrogen and oxygen atoms in total. The third-order valence-corrected chi connectivity index (χ3v) is 4.93. The van der Waals surface area contributed by atoms with E-state index in [1.807, 2.05) is 27.7 Å². The van der Waals surface area contributed by atoms with Gasteiger partial charge >= 0.3 is 0 Å². The van der Waals surface area contributed by atoms with Gasteiger partial charge in [0.15, 0.2) is 0 Å². The van der Waals surface area contributed by atoms with Crippen LogP contribution >= 0.6 is 11.6 Å². The van der Waals surface area contributed by atoms with E-state index in [2.05, 4.69) is 36.2 Å². The van der Waals surface area contributed by atoms with E-state index >= 15 is 0 Å².